The third-order valence-corrected chi connectivity index (χ3v) is 4.39. The molecule has 0 aromatic heterocycles. The molecule has 0 amide bonds. The van der Waals surface area contributed by atoms with Gasteiger partial charge in [-0.1, -0.05) is 39.7 Å². The summed E-state index contributed by atoms with van der Waals surface area (Å²) in [6, 6.07) is 13.7. The lowest BCUT2D eigenvalue weighted by atomic mass is 9.88. The number of ether oxygens (including phenoxy) is 2. The molecule has 0 fully saturated rings. The summed E-state index contributed by atoms with van der Waals surface area (Å²) < 4.78 is 12.2. The van der Waals surface area contributed by atoms with Crippen LogP contribution in [0.25, 0.3) is 0 Å². The van der Waals surface area contributed by atoms with E-state index in [-0.39, 0.29) is 0 Å². The lowest BCUT2D eigenvalue weighted by Crippen LogP contribution is -2.26. The fraction of sp³-hybridized carbons (Fsp3) is 0.294. The van der Waals surface area contributed by atoms with Gasteiger partial charge in [0.1, 0.15) is 11.4 Å². The van der Waals surface area contributed by atoms with Gasteiger partial charge in [-0.2, -0.15) is 0 Å². The molecule has 0 aliphatic carbocycles. The van der Waals surface area contributed by atoms with Crippen LogP contribution in [0.5, 0.6) is 5.75 Å². The molecule has 0 spiro atoms. The van der Waals surface area contributed by atoms with Crippen LogP contribution in [0.3, 0.4) is 0 Å². The van der Waals surface area contributed by atoms with Gasteiger partial charge >= 0.3 is 0 Å². The molecule has 1 atom stereocenters. The first-order chi connectivity index (χ1) is 10.0. The maximum Gasteiger partial charge on any atom is 0.119 e. The van der Waals surface area contributed by atoms with Gasteiger partial charge in [-0.3, -0.25) is 0 Å². The zero-order valence-corrected chi connectivity index (χ0v) is 14.7. The van der Waals surface area contributed by atoms with Crippen LogP contribution in [0.2, 0.25) is 5.02 Å². The molecule has 0 saturated carbocycles. The Morgan fingerprint density at radius 1 is 1.14 bits per heavy atom. The average Bonchev–Trinajstić information content (AvgIpc) is 2.50. The van der Waals surface area contributed by atoms with Crippen molar-refractivity contribution in [2.75, 3.05) is 13.7 Å². The quantitative estimate of drug-likeness (QED) is 0.701. The molecule has 2 rings (SSSR count). The second-order valence-electron chi connectivity index (χ2n) is 4.82. The molecule has 2 nitrogen and oxygen atoms in total. The number of rotatable bonds is 5. The van der Waals surface area contributed by atoms with Gasteiger partial charge < -0.3 is 9.47 Å². The molecule has 0 N–H and O–H groups in total. The highest BCUT2D eigenvalue weighted by atomic mass is 79.9. The van der Waals surface area contributed by atoms with Gasteiger partial charge in [0, 0.05) is 22.2 Å². The molecule has 0 heterocycles. The number of hydrogen-bond donors (Lipinski definition) is 0. The first-order valence-electron chi connectivity index (χ1n) is 6.75. The van der Waals surface area contributed by atoms with E-state index < -0.39 is 5.60 Å². The van der Waals surface area contributed by atoms with Crippen LogP contribution < -0.4 is 4.74 Å². The number of methoxy groups -OCH3 is 1. The number of benzene rings is 2. The Morgan fingerprint density at radius 3 is 2.38 bits per heavy atom. The second-order valence-corrected chi connectivity index (χ2v) is 6.14. The molecule has 112 valence electrons. The van der Waals surface area contributed by atoms with Crippen molar-refractivity contribution in [3.63, 3.8) is 0 Å². The molecule has 1 unspecified atom stereocenters. The second kappa shape index (κ2) is 6.82. The predicted octanol–water partition coefficient (Wildman–Crippen LogP) is 5.41. The van der Waals surface area contributed by atoms with E-state index in [9.17, 15) is 0 Å². The topological polar surface area (TPSA) is 18.5 Å². The zero-order chi connectivity index (χ0) is 15.5. The molecule has 2 aromatic rings. The van der Waals surface area contributed by atoms with Crippen molar-refractivity contribution in [3.8, 4) is 5.75 Å². The Balaban J connectivity index is 2.47. The van der Waals surface area contributed by atoms with Crippen molar-refractivity contribution < 1.29 is 9.47 Å². The Hall–Kier alpha value is -1.03. The van der Waals surface area contributed by atoms with Gasteiger partial charge in [0.15, 0.2) is 0 Å². The number of hydrogen-bond acceptors (Lipinski definition) is 2. The van der Waals surface area contributed by atoms with Crippen LogP contribution >= 0.6 is 27.5 Å². The fourth-order valence-electron chi connectivity index (χ4n) is 2.28. The van der Waals surface area contributed by atoms with E-state index in [4.69, 9.17) is 21.1 Å². The van der Waals surface area contributed by atoms with E-state index in [0.29, 0.717) is 11.6 Å². The maximum atomic E-state index is 6.36. The van der Waals surface area contributed by atoms with Crippen LogP contribution in [0.1, 0.15) is 25.0 Å². The van der Waals surface area contributed by atoms with E-state index in [2.05, 4.69) is 15.9 Å². The van der Waals surface area contributed by atoms with E-state index in [0.717, 1.165) is 21.3 Å². The molecule has 0 bridgehead atoms. The van der Waals surface area contributed by atoms with E-state index in [1.807, 2.05) is 56.3 Å². The minimum Gasteiger partial charge on any atom is -0.494 e. The normalized spacial score (nSPS) is 13.8. The third kappa shape index (κ3) is 3.42. The molecule has 2 aromatic carbocycles. The fourth-order valence-corrected chi connectivity index (χ4v) is 2.94. The summed E-state index contributed by atoms with van der Waals surface area (Å²) in [7, 11) is 1.69. The van der Waals surface area contributed by atoms with Gasteiger partial charge in [0.05, 0.1) is 6.61 Å². The molecule has 0 aliphatic heterocycles. The maximum absolute atomic E-state index is 6.36. The van der Waals surface area contributed by atoms with Gasteiger partial charge in [-0.25, -0.2) is 0 Å². The summed E-state index contributed by atoms with van der Waals surface area (Å²) in [5.74, 6) is 0.847. The van der Waals surface area contributed by atoms with Crippen molar-refractivity contribution >= 4 is 27.5 Å². The molecule has 21 heavy (non-hydrogen) atoms. The highest BCUT2D eigenvalue weighted by molar-refractivity contribution is 9.10. The van der Waals surface area contributed by atoms with Crippen LogP contribution in [0.4, 0.5) is 0 Å². The van der Waals surface area contributed by atoms with Gasteiger partial charge in [0.25, 0.3) is 0 Å². The Morgan fingerprint density at radius 2 is 1.81 bits per heavy atom. The Bertz CT molecular complexity index is 613. The van der Waals surface area contributed by atoms with Gasteiger partial charge in [0.2, 0.25) is 0 Å². The lowest BCUT2D eigenvalue weighted by Gasteiger charge is -2.30. The zero-order valence-electron chi connectivity index (χ0n) is 12.3. The highest BCUT2D eigenvalue weighted by Gasteiger charge is 2.31. The van der Waals surface area contributed by atoms with E-state index in [1.54, 1.807) is 7.11 Å². The molecule has 0 saturated heterocycles. The SMILES string of the molecule is CCOc1ccc(C(C)(OC)c2cc(Br)ccc2Cl)cc1. The van der Waals surface area contributed by atoms with Crippen LogP contribution in [0, 0.1) is 0 Å². The molecule has 4 heteroatoms. The minimum absolute atomic E-state index is 0.619. The van der Waals surface area contributed by atoms with Gasteiger partial charge in [-0.05, 0) is 49.7 Å². The summed E-state index contributed by atoms with van der Waals surface area (Å²) in [5.41, 5.74) is 1.32. The summed E-state index contributed by atoms with van der Waals surface area (Å²) >= 11 is 9.85. The summed E-state index contributed by atoms with van der Waals surface area (Å²) in [6.45, 7) is 4.63. The predicted molar refractivity (Wildman–Crippen MR) is 90.2 cm³/mol. The van der Waals surface area contributed by atoms with Crippen LogP contribution in [-0.4, -0.2) is 13.7 Å². The van der Waals surface area contributed by atoms with Crippen molar-refractivity contribution in [3.05, 3.63) is 63.1 Å². The van der Waals surface area contributed by atoms with E-state index in [1.165, 1.54) is 0 Å². The summed E-state index contributed by atoms with van der Waals surface area (Å²) in [6.07, 6.45) is 0. The lowest BCUT2D eigenvalue weighted by molar-refractivity contribution is 0.0391. The Kier molecular flexibility index (Phi) is 5.31. The van der Waals surface area contributed by atoms with Gasteiger partial charge in [-0.15, -0.1) is 0 Å². The monoisotopic (exact) mass is 368 g/mol. The van der Waals surface area contributed by atoms with Crippen molar-refractivity contribution in [2.45, 2.75) is 19.4 Å². The average molecular weight is 370 g/mol. The first kappa shape index (κ1) is 16.3. The van der Waals surface area contributed by atoms with Crippen LogP contribution in [-0.2, 0) is 10.3 Å². The minimum atomic E-state index is -0.619. The summed E-state index contributed by atoms with van der Waals surface area (Å²) in [5, 5.41) is 0.677. The summed E-state index contributed by atoms with van der Waals surface area (Å²) in [4.78, 5) is 0. The number of halogens is 2. The largest absolute Gasteiger partial charge is 0.494 e. The molecular weight excluding hydrogens is 352 g/mol. The Labute approximate surface area is 139 Å². The smallest absolute Gasteiger partial charge is 0.119 e. The third-order valence-electron chi connectivity index (χ3n) is 3.57. The van der Waals surface area contributed by atoms with E-state index >= 15 is 0 Å². The standard InChI is InChI=1S/C17H18BrClO2/c1-4-21-14-8-5-12(6-9-14)17(2,20-3)15-11-13(18)7-10-16(15)19/h5-11H,4H2,1-3H3. The molecule has 0 radical (unpaired) electrons. The molecular formula is C17H18BrClO2. The highest BCUT2D eigenvalue weighted by Crippen LogP contribution is 2.38. The van der Waals surface area contributed by atoms with Crippen molar-refractivity contribution in [2.24, 2.45) is 0 Å². The van der Waals surface area contributed by atoms with Crippen molar-refractivity contribution in [1.29, 1.82) is 0 Å². The molecule has 0 aliphatic rings. The first-order valence-corrected chi connectivity index (χ1v) is 7.92. The van der Waals surface area contributed by atoms with Crippen molar-refractivity contribution in [1.82, 2.24) is 0 Å². The van der Waals surface area contributed by atoms with Crippen LogP contribution in [0.15, 0.2) is 46.9 Å².